The van der Waals surface area contributed by atoms with Crippen molar-refractivity contribution in [1.29, 1.82) is 0 Å². The fourth-order valence-corrected chi connectivity index (χ4v) is 4.50. The van der Waals surface area contributed by atoms with Gasteiger partial charge in [0.25, 0.3) is 0 Å². The molecule has 0 radical (unpaired) electrons. The molecule has 0 atom stereocenters. The molecule has 0 aliphatic heterocycles. The summed E-state index contributed by atoms with van der Waals surface area (Å²) >= 11 is 1.37. The molecule has 8 nitrogen and oxygen atoms in total. The average molecular weight is 477 g/mol. The van der Waals surface area contributed by atoms with Crippen LogP contribution in [-0.4, -0.2) is 43.3 Å². The van der Waals surface area contributed by atoms with Crippen molar-refractivity contribution in [3.8, 4) is 28.4 Å². The largest absolute Gasteiger partial charge is 0.497 e. The van der Waals surface area contributed by atoms with Crippen LogP contribution in [0.2, 0.25) is 0 Å². The molecule has 0 saturated carbocycles. The minimum absolute atomic E-state index is 0.0793. The van der Waals surface area contributed by atoms with Crippen molar-refractivity contribution >= 4 is 23.4 Å². The van der Waals surface area contributed by atoms with Gasteiger partial charge in [0.15, 0.2) is 11.0 Å². The summed E-state index contributed by atoms with van der Waals surface area (Å²) in [5, 5.41) is 17.2. The Morgan fingerprint density at radius 3 is 2.74 bits per heavy atom. The fraction of sp³-hybridized carbons (Fsp3) is 0.280. The van der Waals surface area contributed by atoms with E-state index in [1.165, 1.54) is 11.8 Å². The van der Waals surface area contributed by atoms with Crippen molar-refractivity contribution in [2.24, 2.45) is 7.05 Å². The van der Waals surface area contributed by atoms with Crippen molar-refractivity contribution in [2.45, 2.75) is 32.5 Å². The summed E-state index contributed by atoms with van der Waals surface area (Å²) in [4.78, 5) is 12.6. The Morgan fingerprint density at radius 2 is 1.97 bits per heavy atom. The molecule has 34 heavy (non-hydrogen) atoms. The van der Waals surface area contributed by atoms with Crippen LogP contribution in [0.15, 0.2) is 53.8 Å². The second-order valence-corrected chi connectivity index (χ2v) is 8.95. The maximum atomic E-state index is 12.6. The van der Waals surface area contributed by atoms with Crippen molar-refractivity contribution < 1.29 is 9.53 Å². The number of carbonyl (C=O) groups excluding carboxylic acids is 1. The van der Waals surface area contributed by atoms with E-state index >= 15 is 0 Å². The van der Waals surface area contributed by atoms with Crippen molar-refractivity contribution in [2.75, 3.05) is 18.2 Å². The number of aryl methyl sites for hydroxylation is 3. The van der Waals surface area contributed by atoms with Gasteiger partial charge in [0.1, 0.15) is 11.4 Å². The predicted molar refractivity (Wildman–Crippen MR) is 135 cm³/mol. The quantitative estimate of drug-likeness (QED) is 0.370. The van der Waals surface area contributed by atoms with Gasteiger partial charge in [-0.1, -0.05) is 36.0 Å². The van der Waals surface area contributed by atoms with E-state index in [1.807, 2.05) is 81.0 Å². The highest BCUT2D eigenvalue weighted by molar-refractivity contribution is 7.99. The lowest BCUT2D eigenvalue weighted by atomic mass is 10.1. The number of rotatable bonds is 8. The van der Waals surface area contributed by atoms with Crippen LogP contribution in [0.5, 0.6) is 5.75 Å². The van der Waals surface area contributed by atoms with E-state index in [9.17, 15) is 4.79 Å². The molecule has 2 aromatic heterocycles. The number of ether oxygens (including phenoxy) is 1. The SMILES string of the molecule is CCn1c(SCC(=O)Nc2cc(C)ccc2C)nnc1-c1cn(C)nc1-c1cccc(OC)c1. The zero-order chi connectivity index (χ0) is 24.2. The Balaban J connectivity index is 1.56. The van der Waals surface area contributed by atoms with Crippen LogP contribution in [0, 0.1) is 13.8 Å². The molecule has 0 unspecified atom stereocenters. The standard InChI is InChI=1S/C25H28N6O2S/c1-6-31-24(20-14-30(4)29-23(20)18-8-7-9-19(13-18)33-5)27-28-25(31)34-15-22(32)26-21-12-16(2)10-11-17(21)3/h7-14H,6,15H2,1-5H3,(H,26,32). The Kier molecular flexibility index (Phi) is 7.02. The third-order valence-corrected chi connectivity index (χ3v) is 6.41. The van der Waals surface area contributed by atoms with Crippen molar-refractivity contribution in [1.82, 2.24) is 24.5 Å². The van der Waals surface area contributed by atoms with E-state index < -0.39 is 0 Å². The molecule has 1 amide bonds. The topological polar surface area (TPSA) is 86.9 Å². The van der Waals surface area contributed by atoms with E-state index in [0.29, 0.717) is 17.5 Å². The molecule has 0 fully saturated rings. The predicted octanol–water partition coefficient (Wildman–Crippen LogP) is 4.72. The summed E-state index contributed by atoms with van der Waals surface area (Å²) in [6.45, 7) is 6.69. The van der Waals surface area contributed by atoms with Crippen LogP contribution in [-0.2, 0) is 18.4 Å². The van der Waals surface area contributed by atoms with Gasteiger partial charge in [-0.2, -0.15) is 5.10 Å². The van der Waals surface area contributed by atoms with Crippen LogP contribution >= 0.6 is 11.8 Å². The van der Waals surface area contributed by atoms with E-state index in [1.54, 1.807) is 11.8 Å². The zero-order valence-electron chi connectivity index (χ0n) is 20.0. The first-order valence-electron chi connectivity index (χ1n) is 11.0. The normalized spacial score (nSPS) is 11.0. The summed E-state index contributed by atoms with van der Waals surface area (Å²) in [5.41, 5.74) is 5.57. The van der Waals surface area contributed by atoms with Crippen molar-refractivity contribution in [3.63, 3.8) is 0 Å². The smallest absolute Gasteiger partial charge is 0.234 e. The molecular weight excluding hydrogens is 448 g/mol. The second kappa shape index (κ2) is 10.1. The van der Waals surface area contributed by atoms with Crippen LogP contribution in [0.3, 0.4) is 0 Å². The van der Waals surface area contributed by atoms with Gasteiger partial charge >= 0.3 is 0 Å². The Hall–Kier alpha value is -3.59. The summed E-state index contributed by atoms with van der Waals surface area (Å²) in [6, 6.07) is 13.8. The van der Waals surface area contributed by atoms with Gasteiger partial charge in [-0.05, 0) is 50.1 Å². The maximum absolute atomic E-state index is 12.6. The van der Waals surface area contributed by atoms with Crippen LogP contribution < -0.4 is 10.1 Å². The molecule has 2 heterocycles. The van der Waals surface area contributed by atoms with Gasteiger partial charge in [0.05, 0.1) is 18.4 Å². The lowest BCUT2D eigenvalue weighted by Crippen LogP contribution is -2.15. The third kappa shape index (κ3) is 4.99. The third-order valence-electron chi connectivity index (χ3n) is 5.45. The summed E-state index contributed by atoms with van der Waals surface area (Å²) in [6.07, 6.45) is 1.94. The molecule has 0 spiro atoms. The number of aromatic nitrogens is 5. The number of nitrogens with one attached hydrogen (secondary N) is 1. The Labute approximate surface area is 203 Å². The first-order chi connectivity index (χ1) is 16.4. The van der Waals surface area contributed by atoms with E-state index in [4.69, 9.17) is 4.74 Å². The highest BCUT2D eigenvalue weighted by Crippen LogP contribution is 2.33. The molecule has 9 heteroatoms. The molecule has 4 rings (SSSR count). The molecule has 2 aromatic carbocycles. The van der Waals surface area contributed by atoms with Gasteiger partial charge in [0, 0.05) is 31.0 Å². The summed E-state index contributed by atoms with van der Waals surface area (Å²) in [5.74, 6) is 1.63. The molecule has 0 aliphatic rings. The number of methoxy groups -OCH3 is 1. The van der Waals surface area contributed by atoms with Gasteiger partial charge < -0.3 is 14.6 Å². The monoisotopic (exact) mass is 476 g/mol. The zero-order valence-corrected chi connectivity index (χ0v) is 20.8. The highest BCUT2D eigenvalue weighted by atomic mass is 32.2. The minimum Gasteiger partial charge on any atom is -0.497 e. The highest BCUT2D eigenvalue weighted by Gasteiger charge is 2.21. The number of amides is 1. The molecule has 0 bridgehead atoms. The maximum Gasteiger partial charge on any atom is 0.234 e. The Bertz CT molecular complexity index is 1330. The number of carbonyl (C=O) groups is 1. The van der Waals surface area contributed by atoms with Gasteiger partial charge in [-0.25, -0.2) is 0 Å². The number of anilines is 1. The summed E-state index contributed by atoms with van der Waals surface area (Å²) < 4.78 is 9.16. The average Bonchev–Trinajstić information content (AvgIpc) is 3.42. The van der Waals surface area contributed by atoms with Gasteiger partial charge in [0.2, 0.25) is 5.91 Å². The lowest BCUT2D eigenvalue weighted by molar-refractivity contribution is -0.113. The molecular formula is C25H28N6O2S. The molecule has 0 saturated heterocycles. The first-order valence-corrected chi connectivity index (χ1v) is 12.0. The molecule has 1 N–H and O–H groups in total. The molecule has 0 aliphatic carbocycles. The number of benzene rings is 2. The van der Waals surface area contributed by atoms with E-state index in [-0.39, 0.29) is 11.7 Å². The van der Waals surface area contributed by atoms with Crippen molar-refractivity contribution in [3.05, 3.63) is 59.8 Å². The van der Waals surface area contributed by atoms with Crippen LogP contribution in [0.25, 0.3) is 22.6 Å². The minimum atomic E-state index is -0.0793. The summed E-state index contributed by atoms with van der Waals surface area (Å²) in [7, 11) is 3.53. The van der Waals surface area contributed by atoms with Crippen LogP contribution in [0.4, 0.5) is 5.69 Å². The lowest BCUT2D eigenvalue weighted by Gasteiger charge is -2.10. The number of thioether (sulfide) groups is 1. The van der Waals surface area contributed by atoms with E-state index in [0.717, 1.165) is 39.4 Å². The van der Waals surface area contributed by atoms with E-state index in [2.05, 4.69) is 20.6 Å². The van der Waals surface area contributed by atoms with Gasteiger partial charge in [-0.15, -0.1) is 10.2 Å². The van der Waals surface area contributed by atoms with Crippen LogP contribution in [0.1, 0.15) is 18.1 Å². The fourth-order valence-electron chi connectivity index (χ4n) is 3.70. The second-order valence-electron chi connectivity index (χ2n) is 8.00. The Morgan fingerprint density at radius 1 is 1.15 bits per heavy atom. The number of hydrogen-bond acceptors (Lipinski definition) is 6. The first kappa shape index (κ1) is 23.6. The number of nitrogens with zero attached hydrogens (tertiary/aromatic N) is 5. The number of hydrogen-bond donors (Lipinski definition) is 1. The molecule has 176 valence electrons. The molecule has 4 aromatic rings. The van der Waals surface area contributed by atoms with Gasteiger partial charge in [-0.3, -0.25) is 9.48 Å².